The topological polar surface area (TPSA) is 65.1 Å². The van der Waals surface area contributed by atoms with Crippen LogP contribution < -0.4 is 0 Å². The summed E-state index contributed by atoms with van der Waals surface area (Å²) >= 11 is 0. The normalized spacial score (nSPS) is 26.7. The van der Waals surface area contributed by atoms with Crippen LogP contribution in [0.3, 0.4) is 0 Å². The smallest absolute Gasteiger partial charge is 0.330 e. The lowest BCUT2D eigenvalue weighted by molar-refractivity contribution is -0.233. The Morgan fingerprint density at radius 1 is 1.17 bits per heavy atom. The van der Waals surface area contributed by atoms with Crippen LogP contribution >= 0.6 is 0 Å². The zero-order chi connectivity index (χ0) is 16.4. The highest BCUT2D eigenvalue weighted by Gasteiger charge is 2.61. The Balaban J connectivity index is 1.84. The molecule has 0 saturated carbocycles. The van der Waals surface area contributed by atoms with Crippen LogP contribution in [-0.4, -0.2) is 48.9 Å². The molecule has 2 heterocycles. The molecular formula is C17H21NO5. The third-order valence-corrected chi connectivity index (χ3v) is 4.28. The summed E-state index contributed by atoms with van der Waals surface area (Å²) in [6.07, 6.45) is -0.708. The fourth-order valence-corrected chi connectivity index (χ4v) is 3.25. The highest BCUT2D eigenvalue weighted by molar-refractivity contribution is 5.98. The summed E-state index contributed by atoms with van der Waals surface area (Å²) in [5.41, 5.74) is 0.959. The summed E-state index contributed by atoms with van der Waals surface area (Å²) in [5.74, 6) is -1.13. The van der Waals surface area contributed by atoms with Gasteiger partial charge in [-0.2, -0.15) is 0 Å². The van der Waals surface area contributed by atoms with Crippen molar-refractivity contribution in [3.63, 3.8) is 0 Å². The zero-order valence-electron chi connectivity index (χ0n) is 13.3. The number of amides is 1. The molecule has 0 aromatic heterocycles. The minimum Gasteiger partial charge on any atom is -0.462 e. The largest absolute Gasteiger partial charge is 0.462 e. The molecule has 0 aliphatic carbocycles. The first-order chi connectivity index (χ1) is 11.2. The summed E-state index contributed by atoms with van der Waals surface area (Å²) in [6, 6.07) is 8.72. The fraction of sp³-hybridized carbons (Fsp3) is 0.529. The second kappa shape index (κ2) is 6.68. The number of ether oxygens (including phenoxy) is 3. The van der Waals surface area contributed by atoms with E-state index in [0.717, 1.165) is 5.56 Å². The maximum absolute atomic E-state index is 12.7. The van der Waals surface area contributed by atoms with E-state index in [1.54, 1.807) is 4.90 Å². The molecule has 2 fully saturated rings. The predicted molar refractivity (Wildman–Crippen MR) is 81.3 cm³/mol. The third-order valence-electron chi connectivity index (χ3n) is 4.28. The second-order valence-electron chi connectivity index (χ2n) is 5.55. The average molecular weight is 319 g/mol. The van der Waals surface area contributed by atoms with Crippen molar-refractivity contribution < 1.29 is 23.8 Å². The minimum atomic E-state index is -0.708. The van der Waals surface area contributed by atoms with Crippen LogP contribution in [0.1, 0.15) is 25.5 Å². The van der Waals surface area contributed by atoms with E-state index in [4.69, 9.17) is 14.2 Å². The summed E-state index contributed by atoms with van der Waals surface area (Å²) in [4.78, 5) is 26.5. The average Bonchev–Trinajstić information content (AvgIpc) is 2.56. The van der Waals surface area contributed by atoms with Crippen molar-refractivity contribution >= 4 is 11.9 Å². The van der Waals surface area contributed by atoms with Gasteiger partial charge < -0.3 is 19.1 Å². The molecule has 2 saturated heterocycles. The number of morpholine rings is 1. The molecule has 0 radical (unpaired) electrons. The van der Waals surface area contributed by atoms with Gasteiger partial charge in [0.1, 0.15) is 18.6 Å². The number of hydrogen-bond acceptors (Lipinski definition) is 5. The van der Waals surface area contributed by atoms with E-state index in [1.165, 1.54) is 0 Å². The van der Waals surface area contributed by atoms with Gasteiger partial charge in [-0.15, -0.1) is 0 Å². The van der Waals surface area contributed by atoms with Gasteiger partial charge in [-0.1, -0.05) is 30.3 Å². The number of rotatable bonds is 6. The molecule has 6 heteroatoms. The molecule has 2 aliphatic rings. The summed E-state index contributed by atoms with van der Waals surface area (Å²) in [6.45, 7) is 4.68. The molecule has 2 aliphatic heterocycles. The van der Waals surface area contributed by atoms with Crippen LogP contribution in [0.25, 0.3) is 0 Å². The number of benzene rings is 1. The lowest BCUT2D eigenvalue weighted by atomic mass is 9.82. The van der Waals surface area contributed by atoms with E-state index in [1.807, 2.05) is 44.2 Å². The molecule has 3 rings (SSSR count). The molecule has 1 amide bonds. The molecule has 0 bridgehead atoms. The SMILES string of the molecule is CCOC(OCC)[C@H]1C(=O)N2[C@@H](c3ccccc3)COC(=O)[C@H]12. The van der Waals surface area contributed by atoms with Gasteiger partial charge in [-0.3, -0.25) is 4.79 Å². The number of fused-ring (bicyclic) bond motifs is 1. The van der Waals surface area contributed by atoms with Gasteiger partial charge in [-0.25, -0.2) is 4.79 Å². The van der Waals surface area contributed by atoms with Gasteiger partial charge in [0.05, 0.1) is 6.04 Å². The van der Waals surface area contributed by atoms with Crippen molar-refractivity contribution in [2.24, 2.45) is 5.92 Å². The molecule has 0 N–H and O–H groups in total. The monoisotopic (exact) mass is 319 g/mol. The molecule has 1 aromatic carbocycles. The Hall–Kier alpha value is -1.92. The highest BCUT2D eigenvalue weighted by atomic mass is 16.7. The fourth-order valence-electron chi connectivity index (χ4n) is 3.25. The van der Waals surface area contributed by atoms with E-state index >= 15 is 0 Å². The van der Waals surface area contributed by atoms with E-state index < -0.39 is 18.2 Å². The van der Waals surface area contributed by atoms with Gasteiger partial charge in [0, 0.05) is 13.2 Å². The number of carbonyl (C=O) groups is 2. The number of β-lactam (4-membered cyclic amide) rings is 1. The van der Waals surface area contributed by atoms with Gasteiger partial charge in [-0.05, 0) is 19.4 Å². The number of hydrogen-bond donors (Lipinski definition) is 0. The summed E-state index contributed by atoms with van der Waals surface area (Å²) in [7, 11) is 0. The van der Waals surface area contributed by atoms with E-state index in [0.29, 0.717) is 13.2 Å². The Morgan fingerprint density at radius 3 is 2.43 bits per heavy atom. The lowest BCUT2D eigenvalue weighted by Gasteiger charge is -2.53. The molecule has 124 valence electrons. The Bertz CT molecular complexity index is 570. The molecular weight excluding hydrogens is 298 g/mol. The van der Waals surface area contributed by atoms with Crippen molar-refractivity contribution in [1.82, 2.24) is 4.90 Å². The van der Waals surface area contributed by atoms with Gasteiger partial charge in [0.15, 0.2) is 6.29 Å². The third kappa shape index (κ3) is 2.72. The van der Waals surface area contributed by atoms with Crippen molar-refractivity contribution in [2.45, 2.75) is 32.2 Å². The number of nitrogens with zero attached hydrogens (tertiary/aromatic N) is 1. The van der Waals surface area contributed by atoms with Crippen LogP contribution in [0.15, 0.2) is 30.3 Å². The van der Waals surface area contributed by atoms with Crippen molar-refractivity contribution in [3.8, 4) is 0 Å². The predicted octanol–water partition coefficient (Wildman–Crippen LogP) is 1.51. The molecule has 0 unspecified atom stereocenters. The van der Waals surface area contributed by atoms with E-state index in [9.17, 15) is 9.59 Å². The highest BCUT2D eigenvalue weighted by Crippen LogP contribution is 2.42. The van der Waals surface area contributed by atoms with Crippen molar-refractivity contribution in [3.05, 3.63) is 35.9 Å². The van der Waals surface area contributed by atoms with Crippen LogP contribution in [-0.2, 0) is 23.8 Å². The maximum atomic E-state index is 12.7. The van der Waals surface area contributed by atoms with Gasteiger partial charge in [0.2, 0.25) is 5.91 Å². The molecule has 6 nitrogen and oxygen atoms in total. The van der Waals surface area contributed by atoms with Gasteiger partial charge >= 0.3 is 5.97 Å². The quantitative estimate of drug-likeness (QED) is 0.452. The summed E-state index contributed by atoms with van der Waals surface area (Å²) in [5, 5.41) is 0. The van der Waals surface area contributed by atoms with Crippen LogP contribution in [0.2, 0.25) is 0 Å². The first kappa shape index (κ1) is 16.0. The number of cyclic esters (lactones) is 1. The van der Waals surface area contributed by atoms with Crippen molar-refractivity contribution in [2.75, 3.05) is 19.8 Å². The Labute approximate surface area is 135 Å². The standard InChI is InChI=1S/C17H21NO5/c1-3-21-17(22-4-2)13-14-16(20)23-10-12(18(14)15(13)19)11-8-6-5-7-9-11/h5-9,12-14,17H,3-4,10H2,1-2H3/t12-,13-,14+/m1/s1. The summed E-state index contributed by atoms with van der Waals surface area (Å²) < 4.78 is 16.4. The number of carbonyl (C=O) groups excluding carboxylic acids is 2. The molecule has 3 atom stereocenters. The van der Waals surface area contributed by atoms with Crippen LogP contribution in [0.5, 0.6) is 0 Å². The lowest BCUT2D eigenvalue weighted by Crippen LogP contribution is -2.71. The maximum Gasteiger partial charge on any atom is 0.330 e. The van der Waals surface area contributed by atoms with Crippen LogP contribution in [0.4, 0.5) is 0 Å². The van der Waals surface area contributed by atoms with Crippen molar-refractivity contribution in [1.29, 1.82) is 0 Å². The van der Waals surface area contributed by atoms with Gasteiger partial charge in [0.25, 0.3) is 0 Å². The first-order valence-electron chi connectivity index (χ1n) is 7.96. The second-order valence-corrected chi connectivity index (χ2v) is 5.55. The minimum absolute atomic E-state index is 0.118. The first-order valence-corrected chi connectivity index (χ1v) is 7.96. The Kier molecular flexibility index (Phi) is 4.63. The Morgan fingerprint density at radius 2 is 1.83 bits per heavy atom. The molecule has 1 aromatic rings. The molecule has 0 spiro atoms. The van der Waals surface area contributed by atoms with Crippen LogP contribution in [0, 0.1) is 5.92 Å². The molecule has 23 heavy (non-hydrogen) atoms. The zero-order valence-corrected chi connectivity index (χ0v) is 13.3. The van der Waals surface area contributed by atoms with E-state index in [2.05, 4.69) is 0 Å². The van der Waals surface area contributed by atoms with E-state index in [-0.39, 0.29) is 24.5 Å². The number of esters is 1.